The van der Waals surface area contributed by atoms with Gasteiger partial charge in [-0.15, -0.1) is 0 Å². The fourth-order valence-electron chi connectivity index (χ4n) is 5.69. The van der Waals surface area contributed by atoms with E-state index >= 15 is 4.39 Å². The molecule has 0 aliphatic carbocycles. The second-order valence-corrected chi connectivity index (χ2v) is 10.6. The zero-order valence-corrected chi connectivity index (χ0v) is 21.7. The number of pyridine rings is 1. The van der Waals surface area contributed by atoms with Crippen LogP contribution in [0, 0.1) is 5.82 Å². The van der Waals surface area contributed by atoms with Gasteiger partial charge in [0, 0.05) is 43.0 Å². The molecule has 2 N–H and O–H groups in total. The summed E-state index contributed by atoms with van der Waals surface area (Å²) in [5.41, 5.74) is -3.21. The molecule has 1 aromatic carbocycles. The van der Waals surface area contributed by atoms with Gasteiger partial charge in [0.1, 0.15) is 29.3 Å². The van der Waals surface area contributed by atoms with E-state index in [2.05, 4.69) is 20.3 Å². The molecule has 4 fully saturated rings. The lowest BCUT2D eigenvalue weighted by atomic mass is 9.93. The first-order valence-electron chi connectivity index (χ1n) is 13.7. The molecule has 3 atom stereocenters. The van der Waals surface area contributed by atoms with E-state index in [1.807, 2.05) is 9.80 Å². The molecular formula is C26H27ClF4N6O2. The van der Waals surface area contributed by atoms with E-state index in [0.29, 0.717) is 26.1 Å². The minimum Gasteiger partial charge on any atom is -0.508 e. The van der Waals surface area contributed by atoms with Crippen molar-refractivity contribution in [2.75, 3.05) is 38.1 Å². The smallest absolute Gasteiger partial charge is 0.418 e. The number of aromatic nitrogens is 3. The summed E-state index contributed by atoms with van der Waals surface area (Å²) in [6.45, 7) is -0.352. The summed E-state index contributed by atoms with van der Waals surface area (Å²) in [4.78, 5) is 16.5. The average molecular weight is 569 g/mol. The van der Waals surface area contributed by atoms with Gasteiger partial charge in [-0.2, -0.15) is 23.1 Å². The van der Waals surface area contributed by atoms with Gasteiger partial charge in [0.05, 0.1) is 18.7 Å². The van der Waals surface area contributed by atoms with E-state index in [9.17, 15) is 18.3 Å². The zero-order valence-electron chi connectivity index (χ0n) is 22.9. The second-order valence-electron chi connectivity index (χ2n) is 10.2. The number of ether oxygens (including phenoxy) is 1. The number of aromatic hydroxyl groups is 1. The molecule has 2 bridgehead atoms. The maximum absolute atomic E-state index is 16.3. The highest BCUT2D eigenvalue weighted by atomic mass is 35.5. The number of benzene rings is 1. The minimum atomic E-state index is -4.97. The maximum Gasteiger partial charge on any atom is 0.418 e. The monoisotopic (exact) mass is 568 g/mol. The maximum atomic E-state index is 16.3. The lowest BCUT2D eigenvalue weighted by molar-refractivity contribution is -0.137. The van der Waals surface area contributed by atoms with Gasteiger partial charge in [0.2, 0.25) is 0 Å². The Balaban J connectivity index is 1.53. The third-order valence-electron chi connectivity index (χ3n) is 7.68. The van der Waals surface area contributed by atoms with Crippen LogP contribution in [-0.4, -0.2) is 76.3 Å². The molecule has 3 aromatic rings. The summed E-state index contributed by atoms with van der Waals surface area (Å²) in [5.74, 6) is -1.54. The number of phenols is 1. The summed E-state index contributed by atoms with van der Waals surface area (Å²) in [6.07, 6.45) is -0.684. The quantitative estimate of drug-likeness (QED) is 0.431. The molecule has 2 aromatic heterocycles. The van der Waals surface area contributed by atoms with Crippen LogP contribution in [0.15, 0.2) is 18.3 Å². The highest BCUT2D eigenvalue weighted by molar-refractivity contribution is 6.32. The first-order chi connectivity index (χ1) is 19.3. The van der Waals surface area contributed by atoms with Crippen molar-refractivity contribution in [1.29, 1.82) is 0 Å². The van der Waals surface area contributed by atoms with Crippen molar-refractivity contribution in [3.05, 3.63) is 34.7 Å². The first-order valence-corrected chi connectivity index (χ1v) is 13.1. The predicted octanol–water partition coefficient (Wildman–Crippen LogP) is 4.62. The number of hydrogen-bond acceptors (Lipinski definition) is 8. The van der Waals surface area contributed by atoms with Crippen molar-refractivity contribution < 1.29 is 30.1 Å². The van der Waals surface area contributed by atoms with Gasteiger partial charge in [-0.05, 0) is 51.4 Å². The number of likely N-dealkylation sites (tertiary alicyclic amines) is 1. The molecule has 13 heteroatoms. The van der Waals surface area contributed by atoms with Crippen LogP contribution < -0.4 is 15.0 Å². The van der Waals surface area contributed by atoms with Crippen molar-refractivity contribution in [1.82, 2.24) is 25.2 Å². The number of nitrogens with zero attached hydrogens (tertiary/aromatic N) is 5. The van der Waals surface area contributed by atoms with Gasteiger partial charge >= 0.3 is 12.2 Å². The topological polar surface area (TPSA) is 86.6 Å². The van der Waals surface area contributed by atoms with Crippen molar-refractivity contribution in [3.8, 4) is 23.0 Å². The van der Waals surface area contributed by atoms with E-state index < -0.39 is 58.2 Å². The molecule has 39 heavy (non-hydrogen) atoms. The van der Waals surface area contributed by atoms with Crippen LogP contribution in [0.1, 0.15) is 34.0 Å². The lowest BCUT2D eigenvalue weighted by Gasteiger charge is -2.46. The van der Waals surface area contributed by atoms with E-state index in [0.717, 1.165) is 31.4 Å². The van der Waals surface area contributed by atoms with Crippen LogP contribution >= 0.6 is 11.6 Å². The van der Waals surface area contributed by atoms with Crippen LogP contribution in [0.2, 0.25) is 5.02 Å². The second kappa shape index (κ2) is 9.90. The molecule has 4 aliphatic heterocycles. The van der Waals surface area contributed by atoms with Gasteiger partial charge < -0.3 is 25.0 Å². The molecule has 208 valence electrons. The molecule has 4 saturated heterocycles. The summed E-state index contributed by atoms with van der Waals surface area (Å²) in [7, 11) is 1.78. The third kappa shape index (κ3) is 4.82. The molecule has 0 saturated carbocycles. The number of piperazine rings is 1. The molecule has 4 aliphatic rings. The molecule has 2 unspecified atom stereocenters. The van der Waals surface area contributed by atoms with Crippen LogP contribution in [0.25, 0.3) is 22.2 Å². The van der Waals surface area contributed by atoms with Crippen molar-refractivity contribution in [3.63, 3.8) is 0 Å². The number of piperidine rings is 2. The van der Waals surface area contributed by atoms with Gasteiger partial charge in [-0.3, -0.25) is 4.98 Å². The molecule has 0 amide bonds. The number of fused-ring (bicyclic) bond motifs is 4. The average Bonchev–Trinajstić information content (AvgIpc) is 3.35. The zero-order chi connectivity index (χ0) is 29.3. The number of alkyl halides is 3. The predicted molar refractivity (Wildman–Crippen MR) is 138 cm³/mol. The first kappa shape index (κ1) is 23.9. The van der Waals surface area contributed by atoms with Crippen molar-refractivity contribution in [2.45, 2.75) is 50.0 Å². The number of anilines is 1. The van der Waals surface area contributed by atoms with Crippen LogP contribution in [0.5, 0.6) is 11.8 Å². The highest BCUT2D eigenvalue weighted by Gasteiger charge is 2.39. The summed E-state index contributed by atoms with van der Waals surface area (Å²) >= 11 is 5.84. The minimum absolute atomic E-state index is 0.00752. The number of halogens is 5. The summed E-state index contributed by atoms with van der Waals surface area (Å²) in [5, 5.41) is 12.8. The fourth-order valence-corrected chi connectivity index (χ4v) is 6.01. The van der Waals surface area contributed by atoms with Crippen LogP contribution in [0.3, 0.4) is 0 Å². The van der Waals surface area contributed by atoms with Crippen LogP contribution in [0.4, 0.5) is 23.4 Å². The molecule has 6 heterocycles. The van der Waals surface area contributed by atoms with Gasteiger partial charge in [0.15, 0.2) is 5.82 Å². The number of phenolic OH excluding ortho intramolecular Hbond substituents is 1. The number of hydrogen-bond donors (Lipinski definition) is 2. The number of rotatable bonds is 5. The normalized spacial score (nSPS) is 24.8. The van der Waals surface area contributed by atoms with Gasteiger partial charge in [0.25, 0.3) is 0 Å². The van der Waals surface area contributed by atoms with E-state index in [1.54, 1.807) is 7.05 Å². The SMILES string of the molecule is [2H]C([2H])(Oc1nc(N2CC3CCC2CN3)c2cnc(-c3cc(O)cc(Cl)c3C(F)(F)F)c(F)c2n1)[C@@H]1CCCN1C. The van der Waals surface area contributed by atoms with Gasteiger partial charge in [-0.25, -0.2) is 4.39 Å². The molecule has 7 rings (SSSR count). The Morgan fingerprint density at radius 1 is 1.26 bits per heavy atom. The Hall–Kier alpha value is -2.96. The van der Waals surface area contributed by atoms with E-state index in [1.165, 1.54) is 6.20 Å². The largest absolute Gasteiger partial charge is 0.508 e. The Morgan fingerprint density at radius 3 is 2.72 bits per heavy atom. The Bertz CT molecular complexity index is 1510. The molecular weight excluding hydrogens is 540 g/mol. The van der Waals surface area contributed by atoms with Crippen molar-refractivity contribution >= 4 is 28.3 Å². The molecule has 8 nitrogen and oxygen atoms in total. The van der Waals surface area contributed by atoms with Crippen molar-refractivity contribution in [2.24, 2.45) is 0 Å². The Morgan fingerprint density at radius 2 is 2.08 bits per heavy atom. The van der Waals surface area contributed by atoms with E-state index in [-0.39, 0.29) is 28.8 Å². The fraction of sp³-hybridized carbons (Fsp3) is 0.500. The van der Waals surface area contributed by atoms with Crippen LogP contribution in [-0.2, 0) is 6.18 Å². The van der Waals surface area contributed by atoms with E-state index in [4.69, 9.17) is 19.1 Å². The standard InChI is InChI=1S/C26H27ClF4N6O2/c1-36-6-2-3-15(36)12-39-25-34-23-18(24(35-25)37-11-13-4-5-14(37)9-32-13)10-33-22(21(23)28)17-7-16(38)8-19(27)20(17)26(29,30)31/h7-8,10,13-15,32,38H,2-6,9,11-12H2,1H3/t13?,14?,15-/m0/s1/i12D2. The van der Waals surface area contributed by atoms with Gasteiger partial charge in [-0.1, -0.05) is 11.6 Å². The summed E-state index contributed by atoms with van der Waals surface area (Å²) in [6, 6.07) is 0.604. The lowest BCUT2D eigenvalue weighted by Crippen LogP contribution is -2.61. The Kier molecular flexibility index (Phi) is 6.06. The summed E-state index contributed by atoms with van der Waals surface area (Å²) < 4.78 is 81.1. The Labute approximate surface area is 229 Å². The molecule has 0 spiro atoms. The number of nitrogens with one attached hydrogen (secondary N) is 1. The third-order valence-corrected chi connectivity index (χ3v) is 7.98. The molecule has 0 radical (unpaired) electrons. The number of likely N-dealkylation sites (N-methyl/N-ethyl adjacent to an activating group) is 1. The highest BCUT2D eigenvalue weighted by Crippen LogP contribution is 2.45.